The molecule has 2 heterocycles. The summed E-state index contributed by atoms with van der Waals surface area (Å²) in [4.78, 5) is 24.5. The number of amides is 1. The molecule has 7 heteroatoms. The van der Waals surface area contributed by atoms with E-state index in [1.807, 2.05) is 0 Å². The molecule has 2 rings (SSSR count). The number of hydrogen-bond acceptors (Lipinski definition) is 5. The van der Waals surface area contributed by atoms with E-state index < -0.39 is 12.0 Å². The number of carboxylic acids is 1. The van der Waals surface area contributed by atoms with Gasteiger partial charge in [-0.15, -0.1) is 0 Å². The zero-order valence-electron chi connectivity index (χ0n) is 10.5. The van der Waals surface area contributed by atoms with Gasteiger partial charge in [-0.05, 0) is 12.1 Å². The van der Waals surface area contributed by atoms with E-state index in [-0.39, 0.29) is 12.5 Å². The molecular formula is C12H17N3O4. The molecule has 1 atom stereocenters. The predicted octanol–water partition coefficient (Wildman–Crippen LogP) is -0.746. The molecule has 0 saturated carbocycles. The van der Waals surface area contributed by atoms with Crippen molar-refractivity contribution in [2.24, 2.45) is 0 Å². The molecule has 0 radical (unpaired) electrons. The molecule has 3 N–H and O–H groups in total. The maximum atomic E-state index is 11.8. The summed E-state index contributed by atoms with van der Waals surface area (Å²) in [6, 6.07) is 2.87. The molecule has 1 aliphatic heterocycles. The molecule has 0 spiro atoms. The lowest BCUT2D eigenvalue weighted by Crippen LogP contribution is -2.57. The number of carbonyl (C=O) groups is 2. The minimum absolute atomic E-state index is 0.0827. The number of carboxylic acid groups (broad SMARTS) is 1. The third-order valence-electron chi connectivity index (χ3n) is 3.03. The maximum Gasteiger partial charge on any atom is 0.322 e. The Bertz CT molecular complexity index is 432. The van der Waals surface area contributed by atoms with Crippen LogP contribution >= 0.6 is 0 Å². The molecule has 0 aromatic carbocycles. The summed E-state index contributed by atoms with van der Waals surface area (Å²) in [5, 5.41) is 14.8. The fourth-order valence-electron chi connectivity index (χ4n) is 2.02. The van der Waals surface area contributed by atoms with Crippen LogP contribution in [0.4, 0.5) is 0 Å². The molecular weight excluding hydrogens is 250 g/mol. The van der Waals surface area contributed by atoms with E-state index >= 15 is 0 Å². The Morgan fingerprint density at radius 1 is 1.58 bits per heavy atom. The Labute approximate surface area is 110 Å². The number of nitrogens with zero attached hydrogens (tertiary/aromatic N) is 1. The third kappa shape index (κ3) is 3.80. The van der Waals surface area contributed by atoms with Crippen LogP contribution in [0.15, 0.2) is 22.8 Å². The molecule has 1 aliphatic rings. The first-order valence-electron chi connectivity index (χ1n) is 6.13. The maximum absolute atomic E-state index is 11.8. The van der Waals surface area contributed by atoms with Gasteiger partial charge in [0.25, 0.3) is 0 Å². The molecule has 1 unspecified atom stereocenters. The Kier molecular flexibility index (Phi) is 4.53. The normalized spacial score (nSPS) is 20.1. The van der Waals surface area contributed by atoms with Crippen LogP contribution in [0.2, 0.25) is 0 Å². The topological polar surface area (TPSA) is 94.8 Å². The van der Waals surface area contributed by atoms with Crippen molar-refractivity contribution in [3.05, 3.63) is 24.2 Å². The van der Waals surface area contributed by atoms with Gasteiger partial charge in [0.2, 0.25) is 5.91 Å². The van der Waals surface area contributed by atoms with Crippen molar-refractivity contribution >= 4 is 11.9 Å². The monoisotopic (exact) mass is 267 g/mol. The summed E-state index contributed by atoms with van der Waals surface area (Å²) < 4.78 is 5.10. The summed E-state index contributed by atoms with van der Waals surface area (Å²) in [7, 11) is 0. The van der Waals surface area contributed by atoms with Gasteiger partial charge >= 0.3 is 5.97 Å². The zero-order chi connectivity index (χ0) is 13.7. The van der Waals surface area contributed by atoms with E-state index in [2.05, 4.69) is 10.6 Å². The summed E-state index contributed by atoms with van der Waals surface area (Å²) >= 11 is 0. The van der Waals surface area contributed by atoms with E-state index in [0.29, 0.717) is 31.9 Å². The van der Waals surface area contributed by atoms with Crippen LogP contribution in [-0.2, 0) is 16.1 Å². The van der Waals surface area contributed by atoms with Crippen molar-refractivity contribution in [2.75, 3.05) is 26.2 Å². The number of piperazine rings is 1. The number of carbonyl (C=O) groups excluding carboxylic acids is 1. The molecule has 1 amide bonds. The molecule has 1 aromatic heterocycles. The lowest BCUT2D eigenvalue weighted by Gasteiger charge is -2.32. The van der Waals surface area contributed by atoms with E-state index in [4.69, 9.17) is 9.52 Å². The van der Waals surface area contributed by atoms with E-state index in [0.717, 1.165) is 0 Å². The molecule has 1 fully saturated rings. The summed E-state index contributed by atoms with van der Waals surface area (Å²) in [5.74, 6) is -0.445. The Morgan fingerprint density at radius 2 is 2.42 bits per heavy atom. The lowest BCUT2D eigenvalue weighted by molar-refractivity contribution is -0.144. The highest BCUT2D eigenvalue weighted by atomic mass is 16.4. The average molecular weight is 267 g/mol. The van der Waals surface area contributed by atoms with Gasteiger partial charge < -0.3 is 20.2 Å². The van der Waals surface area contributed by atoms with Crippen LogP contribution < -0.4 is 10.6 Å². The SMILES string of the molecule is O=C(CN1CCNCC1C(=O)O)NCc1ccco1. The van der Waals surface area contributed by atoms with Crippen LogP contribution in [0.3, 0.4) is 0 Å². The van der Waals surface area contributed by atoms with Crippen LogP contribution in [0.1, 0.15) is 5.76 Å². The van der Waals surface area contributed by atoms with Gasteiger partial charge in [-0.3, -0.25) is 14.5 Å². The molecule has 0 bridgehead atoms. The Balaban J connectivity index is 1.81. The second-order valence-corrected chi connectivity index (χ2v) is 4.38. The quantitative estimate of drug-likeness (QED) is 0.650. The van der Waals surface area contributed by atoms with E-state index in [1.54, 1.807) is 17.0 Å². The first-order valence-corrected chi connectivity index (χ1v) is 6.13. The standard InChI is InChI=1S/C12H17N3O4/c16-11(14-6-9-2-1-5-19-9)8-15-4-3-13-7-10(15)12(17)18/h1-2,5,10,13H,3-4,6-8H2,(H,14,16)(H,17,18). The first-order chi connectivity index (χ1) is 9.16. The summed E-state index contributed by atoms with van der Waals surface area (Å²) in [6.45, 7) is 2.00. The average Bonchev–Trinajstić information content (AvgIpc) is 2.90. The molecule has 7 nitrogen and oxygen atoms in total. The number of nitrogens with one attached hydrogen (secondary N) is 2. The molecule has 0 aliphatic carbocycles. The van der Waals surface area contributed by atoms with E-state index in [9.17, 15) is 9.59 Å². The van der Waals surface area contributed by atoms with Gasteiger partial charge in [-0.1, -0.05) is 0 Å². The minimum Gasteiger partial charge on any atom is -0.480 e. The number of hydrogen-bond donors (Lipinski definition) is 3. The molecule has 1 aromatic rings. The fourth-order valence-corrected chi connectivity index (χ4v) is 2.02. The predicted molar refractivity (Wildman–Crippen MR) is 66.4 cm³/mol. The van der Waals surface area contributed by atoms with Crippen molar-refractivity contribution in [3.63, 3.8) is 0 Å². The second-order valence-electron chi connectivity index (χ2n) is 4.38. The second kappa shape index (κ2) is 6.35. The smallest absolute Gasteiger partial charge is 0.322 e. The Morgan fingerprint density at radius 3 is 3.11 bits per heavy atom. The lowest BCUT2D eigenvalue weighted by atomic mass is 10.2. The molecule has 1 saturated heterocycles. The summed E-state index contributed by atoms with van der Waals surface area (Å²) in [6.07, 6.45) is 1.54. The molecule has 104 valence electrons. The Hall–Kier alpha value is -1.86. The number of rotatable bonds is 5. The highest BCUT2D eigenvalue weighted by Gasteiger charge is 2.29. The molecule has 19 heavy (non-hydrogen) atoms. The van der Waals surface area contributed by atoms with E-state index in [1.165, 1.54) is 6.26 Å². The van der Waals surface area contributed by atoms with Crippen LogP contribution in [0.25, 0.3) is 0 Å². The fraction of sp³-hybridized carbons (Fsp3) is 0.500. The number of furan rings is 1. The van der Waals surface area contributed by atoms with Gasteiger partial charge in [0.15, 0.2) is 0 Å². The van der Waals surface area contributed by atoms with Crippen molar-refractivity contribution in [1.82, 2.24) is 15.5 Å². The van der Waals surface area contributed by atoms with Crippen molar-refractivity contribution in [3.8, 4) is 0 Å². The third-order valence-corrected chi connectivity index (χ3v) is 3.03. The van der Waals surface area contributed by atoms with Crippen molar-refractivity contribution in [1.29, 1.82) is 0 Å². The first kappa shape index (κ1) is 13.6. The van der Waals surface area contributed by atoms with Crippen LogP contribution in [-0.4, -0.2) is 54.1 Å². The highest BCUT2D eigenvalue weighted by molar-refractivity contribution is 5.80. The minimum atomic E-state index is -0.911. The van der Waals surface area contributed by atoms with Crippen molar-refractivity contribution < 1.29 is 19.1 Å². The van der Waals surface area contributed by atoms with Crippen LogP contribution in [0.5, 0.6) is 0 Å². The van der Waals surface area contributed by atoms with Gasteiger partial charge in [0.05, 0.1) is 19.4 Å². The van der Waals surface area contributed by atoms with Crippen LogP contribution in [0, 0.1) is 0 Å². The zero-order valence-corrected chi connectivity index (χ0v) is 10.5. The van der Waals surface area contributed by atoms with Gasteiger partial charge in [-0.2, -0.15) is 0 Å². The largest absolute Gasteiger partial charge is 0.480 e. The van der Waals surface area contributed by atoms with Gasteiger partial charge in [0, 0.05) is 19.6 Å². The highest BCUT2D eigenvalue weighted by Crippen LogP contribution is 2.03. The number of aliphatic carboxylic acids is 1. The van der Waals surface area contributed by atoms with Gasteiger partial charge in [0.1, 0.15) is 11.8 Å². The van der Waals surface area contributed by atoms with Gasteiger partial charge in [-0.25, -0.2) is 0 Å². The van der Waals surface area contributed by atoms with Crippen molar-refractivity contribution in [2.45, 2.75) is 12.6 Å². The summed E-state index contributed by atoms with van der Waals surface area (Å²) in [5.41, 5.74) is 0.